The molecule has 5 aromatic rings. The highest BCUT2D eigenvalue weighted by molar-refractivity contribution is 6.34. The molecule has 220 valence electrons. The molecule has 0 bridgehead atoms. The number of hydrogen-bond donors (Lipinski definition) is 2. The quantitative estimate of drug-likeness (QED) is 0.173. The monoisotopic (exact) mass is 610 g/mol. The van der Waals surface area contributed by atoms with Crippen molar-refractivity contribution in [2.24, 2.45) is 0 Å². The summed E-state index contributed by atoms with van der Waals surface area (Å²) in [5.41, 5.74) is 2.06. The maximum absolute atomic E-state index is 12.4. The number of carbonyl (C=O) groups is 1. The molecule has 0 saturated carbocycles. The molecule has 0 saturated heterocycles. The number of benzene rings is 4. The number of hydrogen-bond acceptors (Lipinski definition) is 7. The average Bonchev–Trinajstić information content (AvgIpc) is 2.98. The van der Waals surface area contributed by atoms with E-state index in [9.17, 15) is 18.0 Å². The van der Waals surface area contributed by atoms with Crippen molar-refractivity contribution in [1.82, 2.24) is 9.97 Å². The minimum absolute atomic E-state index is 0.161. The van der Waals surface area contributed by atoms with Crippen LogP contribution >= 0.6 is 11.6 Å². The maximum atomic E-state index is 12.4. The average molecular weight is 611 g/mol. The van der Waals surface area contributed by atoms with Gasteiger partial charge in [-0.1, -0.05) is 41.9 Å². The molecule has 0 aliphatic heterocycles. The van der Waals surface area contributed by atoms with Gasteiger partial charge in [-0.25, -0.2) is 14.8 Å². The summed E-state index contributed by atoms with van der Waals surface area (Å²) in [5, 5.41) is 5.80. The number of methoxy groups -OCH3 is 1. The van der Waals surface area contributed by atoms with Crippen LogP contribution in [0.2, 0.25) is 5.02 Å². The topological polar surface area (TPSA) is 104 Å². The highest BCUT2D eigenvalue weighted by atomic mass is 35.5. The van der Waals surface area contributed by atoms with E-state index in [4.69, 9.17) is 25.8 Å². The van der Waals surface area contributed by atoms with Crippen LogP contribution < -0.4 is 29.6 Å². The fraction of sp³-hybridized carbons (Fsp3) is 0.100. The Hall–Kier alpha value is -5.23. The molecule has 1 heterocycles. The van der Waals surface area contributed by atoms with E-state index >= 15 is 0 Å². The van der Waals surface area contributed by atoms with Gasteiger partial charge >= 0.3 is 12.4 Å². The molecule has 0 aliphatic carbocycles. The molecule has 1 aromatic heterocycles. The molecular weight excluding hydrogens is 589 g/mol. The standard InChI is InChI=1S/C30H22ClF3N4O5/c1-40-26-14-22-25(15-27(26)41-16-18-5-3-2-4-6-18)35-17-36-28(22)42-21-11-12-24(23(31)13-21)38-29(39)37-19-7-9-20(10-8-19)43-30(32,33)34/h2-15,17H,16H2,1H3,(H2,37,38,39). The van der Waals surface area contributed by atoms with Gasteiger partial charge < -0.3 is 29.6 Å². The van der Waals surface area contributed by atoms with Crippen LogP contribution in [0.15, 0.2) is 91.3 Å². The number of nitrogens with one attached hydrogen (secondary N) is 2. The van der Waals surface area contributed by atoms with Crippen LogP contribution in [-0.4, -0.2) is 29.5 Å². The number of amides is 2. The number of ether oxygens (including phenoxy) is 4. The van der Waals surface area contributed by atoms with E-state index in [1.807, 2.05) is 30.3 Å². The zero-order valence-corrected chi connectivity index (χ0v) is 23.1. The third-order valence-corrected chi connectivity index (χ3v) is 6.18. The van der Waals surface area contributed by atoms with E-state index in [0.29, 0.717) is 34.8 Å². The van der Waals surface area contributed by atoms with Crippen molar-refractivity contribution in [3.8, 4) is 28.9 Å². The number of halogens is 4. The Bertz CT molecular complexity index is 1740. The minimum Gasteiger partial charge on any atom is -0.493 e. The van der Waals surface area contributed by atoms with Gasteiger partial charge in [-0.2, -0.15) is 0 Å². The SMILES string of the molecule is COc1cc2c(Oc3ccc(NC(=O)Nc4ccc(OC(F)(F)F)cc4)c(Cl)c3)ncnc2cc1OCc1ccccc1. The molecule has 0 radical (unpaired) electrons. The third kappa shape index (κ3) is 7.74. The molecule has 2 amide bonds. The van der Waals surface area contributed by atoms with Crippen molar-refractivity contribution in [3.63, 3.8) is 0 Å². The fourth-order valence-corrected chi connectivity index (χ4v) is 4.14. The van der Waals surface area contributed by atoms with Crippen molar-refractivity contribution in [3.05, 3.63) is 102 Å². The zero-order valence-electron chi connectivity index (χ0n) is 22.3. The summed E-state index contributed by atoms with van der Waals surface area (Å²) in [4.78, 5) is 21.0. The Morgan fingerprint density at radius 2 is 1.63 bits per heavy atom. The lowest BCUT2D eigenvalue weighted by Crippen LogP contribution is -2.20. The van der Waals surface area contributed by atoms with Gasteiger partial charge in [0.25, 0.3) is 0 Å². The Kier molecular flexibility index (Phi) is 8.67. The van der Waals surface area contributed by atoms with Gasteiger partial charge in [0.2, 0.25) is 5.88 Å². The van der Waals surface area contributed by atoms with E-state index in [2.05, 4.69) is 25.3 Å². The first-order valence-corrected chi connectivity index (χ1v) is 13.0. The van der Waals surface area contributed by atoms with Crippen molar-refractivity contribution in [2.45, 2.75) is 13.0 Å². The summed E-state index contributed by atoms with van der Waals surface area (Å²) in [6.45, 7) is 0.344. The maximum Gasteiger partial charge on any atom is 0.573 e. The van der Waals surface area contributed by atoms with E-state index in [1.165, 1.54) is 37.7 Å². The van der Waals surface area contributed by atoms with Gasteiger partial charge in [-0.3, -0.25) is 0 Å². The highest BCUT2D eigenvalue weighted by Gasteiger charge is 2.31. The molecule has 0 fully saturated rings. The molecule has 43 heavy (non-hydrogen) atoms. The predicted molar refractivity (Wildman–Crippen MR) is 154 cm³/mol. The van der Waals surface area contributed by atoms with Gasteiger partial charge in [0.1, 0.15) is 24.4 Å². The van der Waals surface area contributed by atoms with Gasteiger partial charge in [0.05, 0.1) is 28.7 Å². The Labute approximate surface area is 248 Å². The number of carbonyl (C=O) groups excluding carboxylic acids is 1. The van der Waals surface area contributed by atoms with Crippen LogP contribution in [-0.2, 0) is 6.61 Å². The van der Waals surface area contributed by atoms with Gasteiger partial charge in [0, 0.05) is 17.8 Å². The molecule has 0 atom stereocenters. The number of nitrogens with zero attached hydrogens (tertiary/aromatic N) is 2. The van der Waals surface area contributed by atoms with E-state index < -0.39 is 18.1 Å². The van der Waals surface area contributed by atoms with Crippen LogP contribution in [0, 0.1) is 0 Å². The molecular formula is C30H22ClF3N4O5. The molecule has 4 aromatic carbocycles. The van der Waals surface area contributed by atoms with Crippen LogP contribution in [0.25, 0.3) is 10.9 Å². The number of fused-ring (bicyclic) bond motifs is 1. The fourth-order valence-electron chi connectivity index (χ4n) is 3.93. The lowest BCUT2D eigenvalue weighted by molar-refractivity contribution is -0.274. The van der Waals surface area contributed by atoms with Crippen LogP contribution in [0.5, 0.6) is 28.9 Å². The Morgan fingerprint density at radius 1 is 0.884 bits per heavy atom. The Balaban J connectivity index is 1.26. The molecule has 5 rings (SSSR count). The van der Waals surface area contributed by atoms with E-state index in [-0.39, 0.29) is 22.3 Å². The predicted octanol–water partition coefficient (Wildman–Crippen LogP) is 8.21. The summed E-state index contributed by atoms with van der Waals surface area (Å²) < 4.78 is 58.3. The smallest absolute Gasteiger partial charge is 0.493 e. The number of anilines is 2. The normalized spacial score (nSPS) is 11.1. The number of rotatable bonds is 9. The Morgan fingerprint density at radius 3 is 2.33 bits per heavy atom. The summed E-state index contributed by atoms with van der Waals surface area (Å²) in [6.07, 6.45) is -3.46. The lowest BCUT2D eigenvalue weighted by Gasteiger charge is -2.14. The second-order valence-electron chi connectivity index (χ2n) is 8.87. The number of aromatic nitrogens is 2. The minimum atomic E-state index is -4.81. The number of alkyl halides is 3. The lowest BCUT2D eigenvalue weighted by atomic mass is 10.2. The first kappa shape index (κ1) is 29.3. The van der Waals surface area contributed by atoms with Crippen molar-refractivity contribution in [2.75, 3.05) is 17.7 Å². The van der Waals surface area contributed by atoms with Gasteiger partial charge in [0.15, 0.2) is 11.5 Å². The molecule has 9 nitrogen and oxygen atoms in total. The summed E-state index contributed by atoms with van der Waals surface area (Å²) in [7, 11) is 1.53. The third-order valence-electron chi connectivity index (χ3n) is 5.87. The van der Waals surface area contributed by atoms with Crippen molar-refractivity contribution in [1.29, 1.82) is 0 Å². The van der Waals surface area contributed by atoms with Crippen LogP contribution in [0.1, 0.15) is 5.56 Å². The van der Waals surface area contributed by atoms with Crippen molar-refractivity contribution >= 4 is 39.9 Å². The van der Waals surface area contributed by atoms with E-state index in [1.54, 1.807) is 18.2 Å². The summed E-state index contributed by atoms with van der Waals surface area (Å²) >= 11 is 6.38. The number of urea groups is 1. The first-order valence-electron chi connectivity index (χ1n) is 12.6. The van der Waals surface area contributed by atoms with Crippen molar-refractivity contribution < 1.29 is 36.9 Å². The second kappa shape index (κ2) is 12.7. The largest absolute Gasteiger partial charge is 0.573 e. The highest BCUT2D eigenvalue weighted by Crippen LogP contribution is 2.37. The molecule has 0 unspecified atom stereocenters. The molecule has 2 N–H and O–H groups in total. The molecule has 0 aliphatic rings. The van der Waals surface area contributed by atoms with Crippen LogP contribution in [0.3, 0.4) is 0 Å². The van der Waals surface area contributed by atoms with Crippen LogP contribution in [0.4, 0.5) is 29.3 Å². The molecule has 0 spiro atoms. The summed E-state index contributed by atoms with van der Waals surface area (Å²) in [5.74, 6) is 1.13. The van der Waals surface area contributed by atoms with Gasteiger partial charge in [-0.15, -0.1) is 13.2 Å². The van der Waals surface area contributed by atoms with Gasteiger partial charge in [-0.05, 0) is 48.0 Å². The second-order valence-corrected chi connectivity index (χ2v) is 9.28. The van der Waals surface area contributed by atoms with E-state index in [0.717, 1.165) is 17.7 Å². The zero-order chi connectivity index (χ0) is 30.4. The first-order chi connectivity index (χ1) is 20.7. The molecule has 13 heteroatoms. The summed E-state index contributed by atoms with van der Waals surface area (Å²) in [6, 6.07) is 21.8.